The van der Waals surface area contributed by atoms with Crippen LogP contribution in [0.1, 0.15) is 10.5 Å². The minimum absolute atomic E-state index is 0.246. The zero-order chi connectivity index (χ0) is 11.4. The highest BCUT2D eigenvalue weighted by Crippen LogP contribution is 2.11. The Bertz CT molecular complexity index is 484. The number of carbonyl (C=O) groups excluding carboxylic acids is 1. The van der Waals surface area contributed by atoms with Gasteiger partial charge in [-0.25, -0.2) is 4.98 Å². The fourth-order valence-electron chi connectivity index (χ4n) is 1.14. The Morgan fingerprint density at radius 2 is 2.06 bits per heavy atom. The van der Waals surface area contributed by atoms with E-state index in [1.165, 1.54) is 0 Å². The number of carbonyl (C=O) groups is 1. The summed E-state index contributed by atoms with van der Waals surface area (Å²) >= 11 is 3.22. The number of hydrogen-bond acceptors (Lipinski definition) is 3. The molecule has 0 fully saturated rings. The predicted molar refractivity (Wildman–Crippen MR) is 64.1 cm³/mol. The molecule has 0 aliphatic carbocycles. The first-order valence-electron chi connectivity index (χ1n) is 4.59. The monoisotopic (exact) mass is 277 g/mol. The van der Waals surface area contributed by atoms with E-state index < -0.39 is 0 Å². The molecule has 1 N–H and O–H groups in total. The molecule has 2 rings (SSSR count). The summed E-state index contributed by atoms with van der Waals surface area (Å²) in [7, 11) is 0. The van der Waals surface area contributed by atoms with Crippen LogP contribution in [0.2, 0.25) is 0 Å². The van der Waals surface area contributed by atoms with Crippen molar-refractivity contribution in [3.63, 3.8) is 0 Å². The quantitative estimate of drug-likeness (QED) is 0.859. The topological polar surface area (TPSA) is 54.9 Å². The fourth-order valence-corrected chi connectivity index (χ4v) is 1.38. The Labute approximate surface area is 101 Å². The summed E-state index contributed by atoms with van der Waals surface area (Å²) in [6.07, 6.45) is 3.15. The third-order valence-electron chi connectivity index (χ3n) is 1.88. The Morgan fingerprint density at radius 3 is 2.69 bits per heavy atom. The van der Waals surface area contributed by atoms with Gasteiger partial charge in [0, 0.05) is 6.20 Å². The molecule has 0 saturated carbocycles. The Hall–Kier alpha value is -1.75. The summed E-state index contributed by atoms with van der Waals surface area (Å²) in [5.41, 5.74) is 1.02. The number of nitrogens with zero attached hydrogens (tertiary/aromatic N) is 2. The van der Waals surface area contributed by atoms with Gasteiger partial charge >= 0.3 is 0 Å². The third-order valence-corrected chi connectivity index (χ3v) is 2.35. The first-order valence-corrected chi connectivity index (χ1v) is 5.39. The number of anilines is 1. The van der Waals surface area contributed by atoms with E-state index in [0.717, 1.165) is 4.60 Å². The lowest BCUT2D eigenvalue weighted by atomic mass is 10.3. The number of aromatic nitrogens is 2. The summed E-state index contributed by atoms with van der Waals surface area (Å²) in [4.78, 5) is 19.6. The number of nitrogens with one attached hydrogen (secondary N) is 1. The Morgan fingerprint density at radius 1 is 1.19 bits per heavy atom. The van der Waals surface area contributed by atoms with Crippen molar-refractivity contribution in [2.24, 2.45) is 0 Å². The maximum Gasteiger partial charge on any atom is 0.274 e. The van der Waals surface area contributed by atoms with Gasteiger partial charge in [-0.15, -0.1) is 0 Å². The fraction of sp³-hybridized carbons (Fsp3) is 0. The molecule has 4 nitrogen and oxygen atoms in total. The minimum atomic E-state index is -0.246. The van der Waals surface area contributed by atoms with Gasteiger partial charge < -0.3 is 5.32 Å². The van der Waals surface area contributed by atoms with Crippen molar-refractivity contribution < 1.29 is 4.79 Å². The molecule has 0 aliphatic rings. The van der Waals surface area contributed by atoms with E-state index in [1.54, 1.807) is 42.7 Å². The van der Waals surface area contributed by atoms with Crippen LogP contribution in [0.5, 0.6) is 0 Å². The Kier molecular flexibility index (Phi) is 3.26. The first-order chi connectivity index (χ1) is 7.75. The standard InChI is InChI=1S/C11H8BrN3O/c12-10-5-4-8(7-14-10)15-11(16)9-3-1-2-6-13-9/h1-7H,(H,15,16). The molecule has 2 aromatic heterocycles. The van der Waals surface area contributed by atoms with Gasteiger partial charge in [0.2, 0.25) is 0 Å². The molecule has 0 atom stereocenters. The highest BCUT2D eigenvalue weighted by molar-refractivity contribution is 9.10. The predicted octanol–water partition coefficient (Wildman–Crippen LogP) is 2.49. The van der Waals surface area contributed by atoms with Crippen molar-refractivity contribution >= 4 is 27.5 Å². The summed E-state index contributed by atoms with van der Waals surface area (Å²) in [6.45, 7) is 0. The second-order valence-corrected chi connectivity index (χ2v) is 3.85. The van der Waals surface area contributed by atoms with Gasteiger partial charge in [-0.05, 0) is 40.2 Å². The van der Waals surface area contributed by atoms with E-state index in [4.69, 9.17) is 0 Å². The van der Waals surface area contributed by atoms with E-state index >= 15 is 0 Å². The molecule has 0 aromatic carbocycles. The van der Waals surface area contributed by atoms with Gasteiger partial charge in [-0.3, -0.25) is 9.78 Å². The normalized spacial score (nSPS) is 9.81. The molecule has 0 spiro atoms. The van der Waals surface area contributed by atoms with Gasteiger partial charge in [0.1, 0.15) is 10.3 Å². The Balaban J connectivity index is 2.11. The maximum atomic E-state index is 11.7. The van der Waals surface area contributed by atoms with E-state index in [1.807, 2.05) is 0 Å². The number of rotatable bonds is 2. The van der Waals surface area contributed by atoms with Gasteiger partial charge in [0.25, 0.3) is 5.91 Å². The number of halogens is 1. The lowest BCUT2D eigenvalue weighted by molar-refractivity contribution is 0.102. The van der Waals surface area contributed by atoms with Crippen LogP contribution in [0.15, 0.2) is 47.3 Å². The molecule has 0 unspecified atom stereocenters. The molecule has 16 heavy (non-hydrogen) atoms. The second kappa shape index (κ2) is 4.85. The van der Waals surface area contributed by atoms with Crippen LogP contribution in [0.4, 0.5) is 5.69 Å². The van der Waals surface area contributed by atoms with E-state index in [2.05, 4.69) is 31.2 Å². The van der Waals surface area contributed by atoms with Crippen LogP contribution in [0.3, 0.4) is 0 Å². The second-order valence-electron chi connectivity index (χ2n) is 3.04. The summed E-state index contributed by atoms with van der Waals surface area (Å²) in [6, 6.07) is 8.70. The SMILES string of the molecule is O=C(Nc1ccc(Br)nc1)c1ccccn1. The van der Waals surface area contributed by atoms with Crippen molar-refractivity contribution in [3.8, 4) is 0 Å². The van der Waals surface area contributed by atoms with Gasteiger partial charge in [-0.1, -0.05) is 6.07 Å². The number of hydrogen-bond donors (Lipinski definition) is 1. The summed E-state index contributed by atoms with van der Waals surface area (Å²) < 4.78 is 0.725. The molecular weight excluding hydrogens is 270 g/mol. The van der Waals surface area contributed by atoms with Crippen LogP contribution in [-0.4, -0.2) is 15.9 Å². The molecule has 1 amide bonds. The first kappa shape index (κ1) is 10.8. The molecule has 0 aliphatic heterocycles. The van der Waals surface area contributed by atoms with Gasteiger partial charge in [0.15, 0.2) is 0 Å². The van der Waals surface area contributed by atoms with Crippen LogP contribution >= 0.6 is 15.9 Å². The zero-order valence-electron chi connectivity index (χ0n) is 8.22. The molecule has 80 valence electrons. The lowest BCUT2D eigenvalue weighted by Crippen LogP contribution is -2.13. The van der Waals surface area contributed by atoms with Gasteiger partial charge in [0.05, 0.1) is 11.9 Å². The minimum Gasteiger partial charge on any atom is -0.319 e. The van der Waals surface area contributed by atoms with Crippen molar-refractivity contribution in [1.29, 1.82) is 0 Å². The van der Waals surface area contributed by atoms with Gasteiger partial charge in [-0.2, -0.15) is 0 Å². The highest BCUT2D eigenvalue weighted by Gasteiger charge is 2.06. The summed E-state index contributed by atoms with van der Waals surface area (Å²) in [5, 5.41) is 2.70. The van der Waals surface area contributed by atoms with Crippen molar-refractivity contribution in [1.82, 2.24) is 9.97 Å². The summed E-state index contributed by atoms with van der Waals surface area (Å²) in [5.74, 6) is -0.246. The molecule has 5 heteroatoms. The molecule has 0 radical (unpaired) electrons. The largest absolute Gasteiger partial charge is 0.319 e. The molecule has 2 heterocycles. The van der Waals surface area contributed by atoms with Crippen LogP contribution in [-0.2, 0) is 0 Å². The highest BCUT2D eigenvalue weighted by atomic mass is 79.9. The van der Waals surface area contributed by atoms with E-state index in [-0.39, 0.29) is 5.91 Å². The van der Waals surface area contributed by atoms with Crippen LogP contribution < -0.4 is 5.32 Å². The van der Waals surface area contributed by atoms with Crippen molar-refractivity contribution in [3.05, 3.63) is 53.0 Å². The molecule has 2 aromatic rings. The average molecular weight is 278 g/mol. The average Bonchev–Trinajstić information content (AvgIpc) is 2.33. The number of pyridine rings is 2. The zero-order valence-corrected chi connectivity index (χ0v) is 9.81. The van der Waals surface area contributed by atoms with Crippen molar-refractivity contribution in [2.45, 2.75) is 0 Å². The molecular formula is C11H8BrN3O. The van der Waals surface area contributed by atoms with Crippen LogP contribution in [0.25, 0.3) is 0 Å². The lowest BCUT2D eigenvalue weighted by Gasteiger charge is -2.03. The number of amides is 1. The maximum absolute atomic E-state index is 11.7. The van der Waals surface area contributed by atoms with Crippen LogP contribution in [0, 0.1) is 0 Å². The molecule has 0 bridgehead atoms. The molecule has 0 saturated heterocycles. The third kappa shape index (κ3) is 2.64. The van der Waals surface area contributed by atoms with E-state index in [0.29, 0.717) is 11.4 Å². The van der Waals surface area contributed by atoms with Crippen molar-refractivity contribution in [2.75, 3.05) is 5.32 Å². The van der Waals surface area contributed by atoms with E-state index in [9.17, 15) is 4.79 Å². The smallest absolute Gasteiger partial charge is 0.274 e.